The van der Waals surface area contributed by atoms with E-state index in [9.17, 15) is 4.39 Å². The molecule has 0 atom stereocenters. The summed E-state index contributed by atoms with van der Waals surface area (Å²) in [5.41, 5.74) is 0.547. The minimum Gasteiger partial charge on any atom is -0.472 e. The molecule has 1 aliphatic heterocycles. The molecule has 0 spiro atoms. The van der Waals surface area contributed by atoms with E-state index in [0.29, 0.717) is 5.69 Å². The summed E-state index contributed by atoms with van der Waals surface area (Å²) < 4.78 is 19.7. The summed E-state index contributed by atoms with van der Waals surface area (Å²) in [5.74, 6) is -0.598. The maximum absolute atomic E-state index is 14.0. The molecule has 0 aromatic carbocycles. The van der Waals surface area contributed by atoms with Crippen LogP contribution in [0.5, 0.6) is 5.88 Å². The number of pyridine rings is 1. The normalized spacial score (nSPS) is 20.2. The zero-order valence-electron chi connectivity index (χ0n) is 12.6. The van der Waals surface area contributed by atoms with Crippen LogP contribution in [0, 0.1) is 17.1 Å². The fourth-order valence-corrected chi connectivity index (χ4v) is 3.08. The van der Waals surface area contributed by atoms with E-state index in [1.54, 1.807) is 0 Å². The number of piperidine rings is 1. The molecule has 2 fully saturated rings. The van der Waals surface area contributed by atoms with Gasteiger partial charge in [0.05, 0.1) is 11.3 Å². The molecular formula is C17H20FN3O. The van der Waals surface area contributed by atoms with Gasteiger partial charge in [0.1, 0.15) is 12.2 Å². The lowest BCUT2D eigenvalue weighted by Crippen LogP contribution is -2.46. The smallest absolute Gasteiger partial charge is 0.251 e. The number of likely N-dealkylation sites (tertiary alicyclic amines) is 1. The Bertz CT molecular complexity index is 599. The van der Waals surface area contributed by atoms with Crippen LogP contribution >= 0.6 is 0 Å². The van der Waals surface area contributed by atoms with E-state index in [0.717, 1.165) is 32.0 Å². The Morgan fingerprint density at radius 3 is 2.64 bits per heavy atom. The predicted molar refractivity (Wildman–Crippen MR) is 81.9 cm³/mol. The van der Waals surface area contributed by atoms with Crippen molar-refractivity contribution in [1.29, 1.82) is 5.26 Å². The van der Waals surface area contributed by atoms with Gasteiger partial charge in [0, 0.05) is 19.1 Å². The Morgan fingerprint density at radius 1 is 1.36 bits per heavy atom. The van der Waals surface area contributed by atoms with Crippen molar-refractivity contribution in [2.45, 2.75) is 44.2 Å². The van der Waals surface area contributed by atoms with Gasteiger partial charge in [-0.05, 0) is 37.8 Å². The summed E-state index contributed by atoms with van der Waals surface area (Å²) in [6.45, 7) is 5.61. The molecule has 2 heterocycles. The van der Waals surface area contributed by atoms with Crippen LogP contribution in [0.15, 0.2) is 12.6 Å². The van der Waals surface area contributed by atoms with Crippen molar-refractivity contribution in [3.8, 4) is 11.9 Å². The maximum atomic E-state index is 14.0. The summed E-state index contributed by atoms with van der Waals surface area (Å²) in [7, 11) is 0. The number of ether oxygens (including phenoxy) is 1. The molecule has 0 unspecified atom stereocenters. The first kappa shape index (κ1) is 15.0. The third-order valence-electron chi connectivity index (χ3n) is 4.63. The fraction of sp³-hybridized carbons (Fsp3) is 0.529. The highest BCUT2D eigenvalue weighted by Crippen LogP contribution is 2.29. The quantitative estimate of drug-likeness (QED) is 0.857. The lowest BCUT2D eigenvalue weighted by atomic mass is 9.90. The maximum Gasteiger partial charge on any atom is 0.251 e. The van der Waals surface area contributed by atoms with Gasteiger partial charge in [-0.1, -0.05) is 13.0 Å². The SMILES string of the molecule is C=Cc1nc(OC2CCN(C3CCC3)CC2)c(F)cc1C#N. The molecule has 0 N–H and O–H groups in total. The number of hydrogen-bond donors (Lipinski definition) is 0. The minimum atomic E-state index is -0.580. The third-order valence-corrected chi connectivity index (χ3v) is 4.63. The molecule has 1 saturated carbocycles. The first-order chi connectivity index (χ1) is 10.7. The summed E-state index contributed by atoms with van der Waals surface area (Å²) in [6.07, 6.45) is 7.17. The number of nitrogens with zero attached hydrogens (tertiary/aromatic N) is 3. The van der Waals surface area contributed by atoms with Crippen LogP contribution in [0.1, 0.15) is 43.4 Å². The summed E-state index contributed by atoms with van der Waals surface area (Å²) >= 11 is 0. The molecular weight excluding hydrogens is 281 g/mol. The van der Waals surface area contributed by atoms with Crippen LogP contribution in [0.25, 0.3) is 6.08 Å². The first-order valence-electron chi connectivity index (χ1n) is 7.85. The summed E-state index contributed by atoms with van der Waals surface area (Å²) in [4.78, 5) is 6.60. The summed E-state index contributed by atoms with van der Waals surface area (Å²) in [6, 6.07) is 3.83. The number of halogens is 1. The monoisotopic (exact) mass is 301 g/mol. The molecule has 3 rings (SSSR count). The fourth-order valence-electron chi connectivity index (χ4n) is 3.08. The van der Waals surface area contributed by atoms with Crippen LogP contribution in [0.3, 0.4) is 0 Å². The van der Waals surface area contributed by atoms with Gasteiger partial charge >= 0.3 is 0 Å². The molecule has 0 amide bonds. The highest BCUT2D eigenvalue weighted by Gasteiger charge is 2.29. The second kappa shape index (κ2) is 6.45. The molecule has 0 bridgehead atoms. The van der Waals surface area contributed by atoms with Crippen molar-refractivity contribution in [1.82, 2.24) is 9.88 Å². The summed E-state index contributed by atoms with van der Waals surface area (Å²) in [5, 5.41) is 8.95. The van der Waals surface area contributed by atoms with Gasteiger partial charge in [-0.3, -0.25) is 0 Å². The molecule has 1 saturated heterocycles. The second-order valence-corrected chi connectivity index (χ2v) is 5.96. The van der Waals surface area contributed by atoms with Gasteiger partial charge in [-0.25, -0.2) is 9.37 Å². The van der Waals surface area contributed by atoms with Crippen molar-refractivity contribution < 1.29 is 9.13 Å². The third kappa shape index (κ3) is 2.97. The van der Waals surface area contributed by atoms with Crippen molar-refractivity contribution in [3.05, 3.63) is 29.7 Å². The van der Waals surface area contributed by atoms with E-state index in [2.05, 4.69) is 16.5 Å². The molecule has 22 heavy (non-hydrogen) atoms. The zero-order valence-corrected chi connectivity index (χ0v) is 12.6. The topological polar surface area (TPSA) is 49.1 Å². The molecule has 4 nitrogen and oxygen atoms in total. The van der Waals surface area contributed by atoms with E-state index in [4.69, 9.17) is 10.00 Å². The molecule has 116 valence electrons. The van der Waals surface area contributed by atoms with E-state index < -0.39 is 5.82 Å². The molecule has 0 radical (unpaired) electrons. The van der Waals surface area contributed by atoms with Gasteiger partial charge in [0.15, 0.2) is 5.82 Å². The Labute approximate surface area is 130 Å². The number of aromatic nitrogens is 1. The van der Waals surface area contributed by atoms with Gasteiger partial charge in [-0.2, -0.15) is 5.26 Å². The number of hydrogen-bond acceptors (Lipinski definition) is 4. The Balaban J connectivity index is 1.64. The van der Waals surface area contributed by atoms with Crippen molar-refractivity contribution in [3.63, 3.8) is 0 Å². The minimum absolute atomic E-state index is 0.0103. The van der Waals surface area contributed by atoms with E-state index in [1.807, 2.05) is 6.07 Å². The highest BCUT2D eigenvalue weighted by molar-refractivity contribution is 5.53. The Morgan fingerprint density at radius 2 is 2.09 bits per heavy atom. The van der Waals surface area contributed by atoms with Crippen LogP contribution in [0.4, 0.5) is 4.39 Å². The first-order valence-corrected chi connectivity index (χ1v) is 7.85. The van der Waals surface area contributed by atoms with Crippen LogP contribution < -0.4 is 4.74 Å². The Kier molecular flexibility index (Phi) is 4.39. The largest absolute Gasteiger partial charge is 0.472 e. The van der Waals surface area contributed by atoms with Crippen molar-refractivity contribution in [2.75, 3.05) is 13.1 Å². The standard InChI is InChI=1S/C17H20FN3O/c1-2-16-12(11-19)10-15(18)17(20-16)22-14-6-8-21(9-7-14)13-4-3-5-13/h2,10,13-14H,1,3-9H2. The average molecular weight is 301 g/mol. The van der Waals surface area contributed by atoms with E-state index in [1.165, 1.54) is 31.4 Å². The lowest BCUT2D eigenvalue weighted by Gasteiger charge is -2.41. The molecule has 1 aromatic rings. The highest BCUT2D eigenvalue weighted by atomic mass is 19.1. The van der Waals surface area contributed by atoms with Crippen LogP contribution in [-0.4, -0.2) is 35.1 Å². The van der Waals surface area contributed by atoms with E-state index in [-0.39, 0.29) is 17.5 Å². The van der Waals surface area contributed by atoms with Crippen molar-refractivity contribution in [2.24, 2.45) is 0 Å². The predicted octanol–water partition coefficient (Wildman–Crippen LogP) is 3.13. The zero-order chi connectivity index (χ0) is 15.5. The van der Waals surface area contributed by atoms with Gasteiger partial charge in [-0.15, -0.1) is 0 Å². The van der Waals surface area contributed by atoms with Crippen LogP contribution in [-0.2, 0) is 0 Å². The van der Waals surface area contributed by atoms with Crippen molar-refractivity contribution >= 4 is 6.08 Å². The second-order valence-electron chi connectivity index (χ2n) is 5.96. The van der Waals surface area contributed by atoms with Crippen LogP contribution in [0.2, 0.25) is 0 Å². The molecule has 1 aromatic heterocycles. The Hall–Kier alpha value is -1.93. The number of nitriles is 1. The molecule has 1 aliphatic carbocycles. The molecule has 5 heteroatoms. The van der Waals surface area contributed by atoms with Gasteiger partial charge in [0.25, 0.3) is 5.88 Å². The number of rotatable bonds is 4. The van der Waals surface area contributed by atoms with Gasteiger partial charge < -0.3 is 9.64 Å². The van der Waals surface area contributed by atoms with E-state index >= 15 is 0 Å². The molecule has 2 aliphatic rings. The average Bonchev–Trinajstić information content (AvgIpc) is 2.49. The lowest BCUT2D eigenvalue weighted by molar-refractivity contribution is 0.0457. The van der Waals surface area contributed by atoms with Gasteiger partial charge in [0.2, 0.25) is 0 Å².